The van der Waals surface area contributed by atoms with Crippen LogP contribution in [-0.2, 0) is 4.79 Å². The number of hydrogen-bond acceptors (Lipinski definition) is 5. The monoisotopic (exact) mass is 1020 g/mol. The Balaban J connectivity index is 3.64. The number of carbonyl (C=O) groups excluding carboxylic acids is 1. The summed E-state index contributed by atoms with van der Waals surface area (Å²) in [7, 11) is 0. The second kappa shape index (κ2) is 60.9. The third-order valence-corrected chi connectivity index (χ3v) is 14.9. The summed E-state index contributed by atoms with van der Waals surface area (Å²) in [4.78, 5) is 12.6. The summed E-state index contributed by atoms with van der Waals surface area (Å²) in [5.74, 6) is -0.597. The minimum Gasteiger partial charge on any atom is -0.394 e. The highest BCUT2D eigenvalue weighted by molar-refractivity contribution is 5.80. The Bertz CT molecular complexity index is 1240. The van der Waals surface area contributed by atoms with Gasteiger partial charge >= 0.3 is 0 Å². The van der Waals surface area contributed by atoms with Crippen LogP contribution in [0.1, 0.15) is 328 Å². The Morgan fingerprint density at radius 3 is 0.945 bits per heavy atom. The zero-order valence-corrected chi connectivity index (χ0v) is 48.6. The number of nitrogens with one attached hydrogen (secondary N) is 1. The zero-order valence-electron chi connectivity index (χ0n) is 48.6. The van der Waals surface area contributed by atoms with Crippen molar-refractivity contribution in [3.8, 4) is 0 Å². The highest BCUT2D eigenvalue weighted by atomic mass is 16.3. The molecule has 0 rings (SSSR count). The first-order valence-electron chi connectivity index (χ1n) is 32.2. The molecule has 0 aromatic rings. The average Bonchev–Trinajstić information content (AvgIpc) is 3.40. The number of aliphatic hydroxyl groups is 4. The SMILES string of the molecule is CCCCCCCCCCCC/C=C/CC/C=C/CC/C=C/CCCC(O)C(O)C(CO)NC(=O)C(O)CCCCCCCCCCCCCCCCCC/C=C\C/C=C\CCCCCCCCCCCCC. The van der Waals surface area contributed by atoms with Gasteiger partial charge in [-0.2, -0.15) is 0 Å². The van der Waals surface area contributed by atoms with E-state index < -0.39 is 36.9 Å². The smallest absolute Gasteiger partial charge is 0.249 e. The third kappa shape index (κ3) is 54.6. The average molecular weight is 1020 g/mol. The van der Waals surface area contributed by atoms with Crippen molar-refractivity contribution in [1.29, 1.82) is 0 Å². The lowest BCUT2D eigenvalue weighted by Gasteiger charge is -2.27. The highest BCUT2D eigenvalue weighted by Crippen LogP contribution is 2.17. The van der Waals surface area contributed by atoms with Crippen molar-refractivity contribution >= 4 is 5.91 Å². The molecule has 0 aromatic carbocycles. The van der Waals surface area contributed by atoms with Gasteiger partial charge in [0.2, 0.25) is 5.91 Å². The summed E-state index contributed by atoms with van der Waals surface area (Å²) in [5.41, 5.74) is 0. The van der Waals surface area contributed by atoms with E-state index in [-0.39, 0.29) is 0 Å². The number of allylic oxidation sites excluding steroid dienone is 10. The van der Waals surface area contributed by atoms with Gasteiger partial charge in [-0.15, -0.1) is 0 Å². The molecule has 6 heteroatoms. The second-order valence-corrected chi connectivity index (χ2v) is 22.1. The Hall–Kier alpha value is -1.99. The van der Waals surface area contributed by atoms with Crippen LogP contribution in [0.25, 0.3) is 0 Å². The van der Waals surface area contributed by atoms with E-state index in [0.717, 1.165) is 57.8 Å². The van der Waals surface area contributed by atoms with Crippen LogP contribution in [0.5, 0.6) is 0 Å². The molecule has 73 heavy (non-hydrogen) atoms. The molecule has 428 valence electrons. The van der Waals surface area contributed by atoms with E-state index in [1.165, 1.54) is 238 Å². The minimum atomic E-state index is -1.30. The molecule has 0 aliphatic carbocycles. The van der Waals surface area contributed by atoms with Gasteiger partial charge in [-0.25, -0.2) is 0 Å². The zero-order chi connectivity index (χ0) is 53.0. The van der Waals surface area contributed by atoms with Gasteiger partial charge in [0, 0.05) is 0 Å². The van der Waals surface area contributed by atoms with Gasteiger partial charge < -0.3 is 25.7 Å². The predicted molar refractivity (Wildman–Crippen MR) is 320 cm³/mol. The number of unbranched alkanes of at least 4 members (excludes halogenated alkanes) is 40. The van der Waals surface area contributed by atoms with Crippen molar-refractivity contribution in [1.82, 2.24) is 5.32 Å². The number of carbonyl (C=O) groups is 1. The molecule has 0 radical (unpaired) electrons. The van der Waals surface area contributed by atoms with Crippen LogP contribution in [0.15, 0.2) is 60.8 Å². The van der Waals surface area contributed by atoms with Crippen molar-refractivity contribution in [3.63, 3.8) is 0 Å². The molecule has 0 saturated carbocycles. The predicted octanol–water partition coefficient (Wildman–Crippen LogP) is 19.5. The first kappa shape index (κ1) is 71.0. The van der Waals surface area contributed by atoms with E-state index in [2.05, 4.69) is 79.9 Å². The maximum atomic E-state index is 12.6. The van der Waals surface area contributed by atoms with Crippen molar-refractivity contribution in [2.45, 2.75) is 353 Å². The van der Waals surface area contributed by atoms with Crippen LogP contribution in [0.4, 0.5) is 0 Å². The molecule has 0 spiro atoms. The molecule has 4 atom stereocenters. The lowest BCUT2D eigenvalue weighted by atomic mass is 10.00. The van der Waals surface area contributed by atoms with Gasteiger partial charge in [-0.1, -0.05) is 293 Å². The standard InChI is InChI=1S/C67H125NO5/c1-3-5-7-9-11-13-15-17-19-21-23-25-27-28-29-30-31-32-33-34-35-36-37-39-41-43-45-47-49-51-53-55-57-59-61-65(71)67(73)68-63(62-69)66(72)64(70)60-58-56-54-52-50-48-46-44-42-40-38-26-24-22-20-18-16-14-12-10-8-6-4-2/h26-28,30-31,38,44,46,52,54,63-66,69-72H,3-25,29,32-37,39-43,45,47-51,53,55-62H2,1-2H3,(H,68,73)/b28-27-,31-30-,38-26+,46-44+,54-52+. The molecule has 0 aromatic heterocycles. The lowest BCUT2D eigenvalue weighted by Crippen LogP contribution is -2.53. The molecule has 0 bridgehead atoms. The van der Waals surface area contributed by atoms with E-state index in [1.54, 1.807) is 0 Å². The summed E-state index contributed by atoms with van der Waals surface area (Å²) in [5, 5.41) is 44.1. The Morgan fingerprint density at radius 1 is 0.342 bits per heavy atom. The largest absolute Gasteiger partial charge is 0.394 e. The fourth-order valence-corrected chi connectivity index (χ4v) is 9.88. The summed E-state index contributed by atoms with van der Waals surface area (Å²) >= 11 is 0. The topological polar surface area (TPSA) is 110 Å². The Kier molecular flexibility index (Phi) is 59.2. The maximum Gasteiger partial charge on any atom is 0.249 e. The second-order valence-electron chi connectivity index (χ2n) is 22.1. The van der Waals surface area contributed by atoms with Gasteiger partial charge in [0.15, 0.2) is 0 Å². The van der Waals surface area contributed by atoms with Crippen LogP contribution >= 0.6 is 0 Å². The molecule has 0 heterocycles. The first-order valence-corrected chi connectivity index (χ1v) is 32.2. The van der Waals surface area contributed by atoms with Crippen molar-refractivity contribution in [2.75, 3.05) is 6.61 Å². The molecule has 0 saturated heterocycles. The third-order valence-electron chi connectivity index (χ3n) is 14.9. The lowest BCUT2D eigenvalue weighted by molar-refractivity contribution is -0.132. The highest BCUT2D eigenvalue weighted by Gasteiger charge is 2.28. The summed E-state index contributed by atoms with van der Waals surface area (Å²) in [6.45, 7) is 4.07. The number of amides is 1. The van der Waals surface area contributed by atoms with Crippen LogP contribution in [0, 0.1) is 0 Å². The quantitative estimate of drug-likeness (QED) is 0.0308. The number of hydrogen-bond donors (Lipinski definition) is 5. The summed E-state index contributed by atoms with van der Waals surface area (Å²) in [6, 6.07) is -1.01. The van der Waals surface area contributed by atoms with E-state index >= 15 is 0 Å². The van der Waals surface area contributed by atoms with Crippen LogP contribution in [-0.4, -0.2) is 57.3 Å². The maximum absolute atomic E-state index is 12.6. The fourth-order valence-electron chi connectivity index (χ4n) is 9.88. The molecule has 5 N–H and O–H groups in total. The molecule has 0 fully saturated rings. The van der Waals surface area contributed by atoms with Crippen LogP contribution < -0.4 is 5.32 Å². The first-order chi connectivity index (χ1) is 36.0. The van der Waals surface area contributed by atoms with Crippen molar-refractivity contribution in [3.05, 3.63) is 60.8 Å². The Labute approximate surface area is 454 Å². The number of aliphatic hydroxyl groups excluding tert-OH is 4. The molecule has 0 aliphatic rings. The van der Waals surface area contributed by atoms with Crippen LogP contribution in [0.3, 0.4) is 0 Å². The van der Waals surface area contributed by atoms with E-state index in [9.17, 15) is 25.2 Å². The molecule has 4 unspecified atom stereocenters. The summed E-state index contributed by atoms with van der Waals surface area (Å²) in [6.07, 6.45) is 80.4. The van der Waals surface area contributed by atoms with Crippen LogP contribution in [0.2, 0.25) is 0 Å². The van der Waals surface area contributed by atoms with Crippen molar-refractivity contribution < 1.29 is 25.2 Å². The summed E-state index contributed by atoms with van der Waals surface area (Å²) < 4.78 is 0. The number of rotatable bonds is 59. The van der Waals surface area contributed by atoms with E-state index in [4.69, 9.17) is 0 Å². The van der Waals surface area contributed by atoms with Crippen molar-refractivity contribution in [2.24, 2.45) is 0 Å². The van der Waals surface area contributed by atoms with E-state index in [0.29, 0.717) is 19.3 Å². The fraction of sp³-hybridized carbons (Fsp3) is 0.836. The minimum absolute atomic E-state index is 0.358. The van der Waals surface area contributed by atoms with Gasteiger partial charge in [0.1, 0.15) is 12.2 Å². The van der Waals surface area contributed by atoms with E-state index in [1.807, 2.05) is 0 Å². The molecular formula is C67H125NO5. The molecule has 1 amide bonds. The van der Waals surface area contributed by atoms with Gasteiger partial charge in [-0.05, 0) is 96.3 Å². The Morgan fingerprint density at radius 2 is 0.616 bits per heavy atom. The van der Waals surface area contributed by atoms with Gasteiger partial charge in [0.05, 0.1) is 18.8 Å². The molecule has 6 nitrogen and oxygen atoms in total. The van der Waals surface area contributed by atoms with Gasteiger partial charge in [0.25, 0.3) is 0 Å². The molecular weight excluding hydrogens is 899 g/mol. The van der Waals surface area contributed by atoms with Gasteiger partial charge in [-0.3, -0.25) is 4.79 Å². The molecule has 0 aliphatic heterocycles. The normalized spacial score (nSPS) is 14.0.